The summed E-state index contributed by atoms with van der Waals surface area (Å²) in [6.45, 7) is 2.11. The second-order valence-corrected chi connectivity index (χ2v) is 6.48. The van der Waals surface area contributed by atoms with Gasteiger partial charge in [0.15, 0.2) is 0 Å². The van der Waals surface area contributed by atoms with Crippen molar-refractivity contribution in [3.63, 3.8) is 0 Å². The first-order valence-electron chi connectivity index (χ1n) is 7.79. The van der Waals surface area contributed by atoms with Crippen LogP contribution in [0.1, 0.15) is 6.42 Å². The summed E-state index contributed by atoms with van der Waals surface area (Å²) in [5.74, 6) is -1.13. The fourth-order valence-corrected chi connectivity index (χ4v) is 3.29. The molecule has 2 amide bonds. The van der Waals surface area contributed by atoms with Crippen LogP contribution in [0.5, 0.6) is 0 Å². The highest BCUT2D eigenvalue weighted by Gasteiger charge is 2.38. The van der Waals surface area contributed by atoms with E-state index in [9.17, 15) is 14.7 Å². The second kappa shape index (κ2) is 8.16. The highest BCUT2D eigenvalue weighted by atomic mass is 35.5. The Balaban J connectivity index is 0.00000208. The average Bonchev–Trinajstić information content (AvgIpc) is 3.11. The smallest absolute Gasteiger partial charge is 0.239 e. The third-order valence-electron chi connectivity index (χ3n) is 4.48. The number of rotatable bonds is 4. The zero-order valence-corrected chi connectivity index (χ0v) is 14.6. The molecule has 3 N–H and O–H groups in total. The van der Waals surface area contributed by atoms with Crippen LogP contribution in [-0.4, -0.2) is 49.2 Å². The summed E-state index contributed by atoms with van der Waals surface area (Å²) in [5, 5.41) is 16.2. The number of nitrogens with one attached hydrogen (secondary N) is 2. The van der Waals surface area contributed by atoms with Crippen LogP contribution in [0.2, 0.25) is 5.02 Å². The van der Waals surface area contributed by atoms with Crippen molar-refractivity contribution >= 4 is 41.5 Å². The maximum Gasteiger partial charge on any atom is 0.239 e. The topological polar surface area (TPSA) is 81.7 Å². The summed E-state index contributed by atoms with van der Waals surface area (Å²) in [6.07, 6.45) is 0.0420. The van der Waals surface area contributed by atoms with Gasteiger partial charge in [-0.05, 0) is 24.6 Å². The van der Waals surface area contributed by atoms with Crippen LogP contribution in [-0.2, 0) is 9.59 Å². The molecular weight excluding hydrogens is 353 g/mol. The van der Waals surface area contributed by atoms with Crippen molar-refractivity contribution in [3.8, 4) is 0 Å². The van der Waals surface area contributed by atoms with Crippen molar-refractivity contribution in [3.05, 3.63) is 29.3 Å². The first-order chi connectivity index (χ1) is 11.1. The van der Waals surface area contributed by atoms with Gasteiger partial charge in [0.25, 0.3) is 0 Å². The zero-order chi connectivity index (χ0) is 16.4. The Labute approximate surface area is 152 Å². The lowest BCUT2D eigenvalue weighted by Gasteiger charge is -2.18. The number of β-amino-alcohol motifs (C(OH)–C–C–N with tert-alkyl or cyclic N) is 1. The summed E-state index contributed by atoms with van der Waals surface area (Å²) >= 11 is 5.96. The lowest BCUT2D eigenvalue weighted by Crippen LogP contribution is -2.40. The van der Waals surface area contributed by atoms with E-state index in [0.717, 1.165) is 0 Å². The van der Waals surface area contributed by atoms with E-state index in [1.54, 1.807) is 23.1 Å². The summed E-state index contributed by atoms with van der Waals surface area (Å²) in [6, 6.07) is 7.06. The van der Waals surface area contributed by atoms with Gasteiger partial charge in [-0.15, -0.1) is 12.4 Å². The maximum atomic E-state index is 12.5. The van der Waals surface area contributed by atoms with E-state index in [1.165, 1.54) is 0 Å². The normalized spacial score (nSPS) is 26.3. The Bertz CT molecular complexity index is 614. The van der Waals surface area contributed by atoms with Crippen LogP contribution in [0.15, 0.2) is 24.3 Å². The van der Waals surface area contributed by atoms with Gasteiger partial charge in [0.2, 0.25) is 11.8 Å². The first kappa shape index (κ1) is 19.0. The molecule has 6 nitrogen and oxygen atoms in total. The van der Waals surface area contributed by atoms with Gasteiger partial charge in [0.1, 0.15) is 5.92 Å². The average molecular weight is 374 g/mol. The number of anilines is 1. The zero-order valence-electron chi connectivity index (χ0n) is 13.1. The van der Waals surface area contributed by atoms with E-state index in [1.807, 2.05) is 6.07 Å². The summed E-state index contributed by atoms with van der Waals surface area (Å²) in [4.78, 5) is 26.4. The monoisotopic (exact) mass is 373 g/mol. The van der Waals surface area contributed by atoms with Gasteiger partial charge in [-0.1, -0.05) is 17.7 Å². The molecule has 2 aliphatic heterocycles. The predicted molar refractivity (Wildman–Crippen MR) is 94.5 cm³/mol. The Hall–Kier alpha value is -1.34. The van der Waals surface area contributed by atoms with E-state index < -0.39 is 12.0 Å². The molecule has 8 heteroatoms. The number of carbonyl (C=O) groups excluding carboxylic acids is 2. The van der Waals surface area contributed by atoms with Crippen molar-refractivity contribution in [2.75, 3.05) is 31.1 Å². The van der Waals surface area contributed by atoms with Gasteiger partial charge in [-0.25, -0.2) is 0 Å². The third-order valence-corrected chi connectivity index (χ3v) is 4.72. The molecule has 0 aromatic heterocycles. The van der Waals surface area contributed by atoms with Crippen LogP contribution in [0.25, 0.3) is 0 Å². The molecule has 3 rings (SSSR count). The van der Waals surface area contributed by atoms with Gasteiger partial charge in [0.05, 0.1) is 6.10 Å². The summed E-state index contributed by atoms with van der Waals surface area (Å²) < 4.78 is 0. The molecule has 3 atom stereocenters. The molecule has 132 valence electrons. The van der Waals surface area contributed by atoms with Crippen molar-refractivity contribution in [1.29, 1.82) is 0 Å². The van der Waals surface area contributed by atoms with E-state index in [-0.39, 0.29) is 30.1 Å². The fourth-order valence-electron chi connectivity index (χ4n) is 3.11. The van der Waals surface area contributed by atoms with Crippen LogP contribution >= 0.6 is 24.0 Å². The largest absolute Gasteiger partial charge is 0.391 e. The molecular formula is C16H21Cl2N3O3. The molecule has 24 heavy (non-hydrogen) atoms. The molecule has 1 aromatic carbocycles. The molecule has 2 fully saturated rings. The van der Waals surface area contributed by atoms with E-state index >= 15 is 0 Å². The first-order valence-corrected chi connectivity index (χ1v) is 8.17. The van der Waals surface area contributed by atoms with E-state index in [2.05, 4.69) is 10.6 Å². The maximum absolute atomic E-state index is 12.5. The number of amides is 2. The standard InChI is InChI=1S/C16H20ClN3O3.ClH/c17-11-2-1-3-12(6-11)20-5-4-13(16(20)23)15(22)19-8-10-7-18-9-14(10)21;/h1-3,6,10,13-14,18,21H,4-5,7-9H2,(H,19,22);1H. The van der Waals surface area contributed by atoms with Crippen molar-refractivity contribution in [2.24, 2.45) is 11.8 Å². The van der Waals surface area contributed by atoms with Crippen molar-refractivity contribution in [1.82, 2.24) is 10.6 Å². The molecule has 0 aliphatic carbocycles. The lowest BCUT2D eigenvalue weighted by molar-refractivity contribution is -0.132. The van der Waals surface area contributed by atoms with Gasteiger partial charge in [0, 0.05) is 42.8 Å². The molecule has 0 spiro atoms. The Morgan fingerprint density at radius 1 is 1.42 bits per heavy atom. The number of carbonyl (C=O) groups is 2. The van der Waals surface area contributed by atoms with Crippen LogP contribution in [0, 0.1) is 11.8 Å². The molecule has 2 saturated heterocycles. The molecule has 1 aromatic rings. The number of benzene rings is 1. The van der Waals surface area contributed by atoms with E-state index in [0.29, 0.717) is 43.3 Å². The summed E-state index contributed by atoms with van der Waals surface area (Å²) in [7, 11) is 0. The number of hydrogen-bond acceptors (Lipinski definition) is 4. The van der Waals surface area contributed by atoms with Crippen LogP contribution in [0.4, 0.5) is 5.69 Å². The number of aliphatic hydroxyl groups excluding tert-OH is 1. The molecule has 2 heterocycles. The van der Waals surface area contributed by atoms with Gasteiger partial charge >= 0.3 is 0 Å². The Morgan fingerprint density at radius 2 is 2.21 bits per heavy atom. The Kier molecular flexibility index (Phi) is 6.46. The quantitative estimate of drug-likeness (QED) is 0.682. The highest BCUT2D eigenvalue weighted by molar-refractivity contribution is 6.31. The lowest BCUT2D eigenvalue weighted by atomic mass is 10.0. The minimum absolute atomic E-state index is 0. The Morgan fingerprint density at radius 3 is 2.88 bits per heavy atom. The van der Waals surface area contributed by atoms with Crippen molar-refractivity contribution in [2.45, 2.75) is 12.5 Å². The summed E-state index contributed by atoms with van der Waals surface area (Å²) in [5.41, 5.74) is 0.716. The second-order valence-electron chi connectivity index (χ2n) is 6.04. The molecule has 0 saturated carbocycles. The molecule has 2 aliphatic rings. The number of halogens is 2. The molecule has 0 bridgehead atoms. The predicted octanol–water partition coefficient (Wildman–Crippen LogP) is 0.811. The molecule has 0 radical (unpaired) electrons. The van der Waals surface area contributed by atoms with Gasteiger partial charge in [-0.2, -0.15) is 0 Å². The third kappa shape index (κ3) is 4.00. The van der Waals surface area contributed by atoms with Crippen LogP contribution < -0.4 is 15.5 Å². The van der Waals surface area contributed by atoms with Gasteiger partial charge < -0.3 is 20.6 Å². The number of aliphatic hydroxyl groups is 1. The fraction of sp³-hybridized carbons (Fsp3) is 0.500. The minimum Gasteiger partial charge on any atom is -0.391 e. The minimum atomic E-state index is -0.666. The van der Waals surface area contributed by atoms with E-state index in [4.69, 9.17) is 11.6 Å². The number of nitrogens with zero attached hydrogens (tertiary/aromatic N) is 1. The van der Waals surface area contributed by atoms with Gasteiger partial charge in [-0.3, -0.25) is 9.59 Å². The molecule has 3 unspecified atom stereocenters. The van der Waals surface area contributed by atoms with Crippen LogP contribution in [0.3, 0.4) is 0 Å². The highest BCUT2D eigenvalue weighted by Crippen LogP contribution is 2.27. The SMILES string of the molecule is Cl.O=C(NCC1CNCC1O)C1CCN(c2cccc(Cl)c2)C1=O. The van der Waals surface area contributed by atoms with Crippen molar-refractivity contribution < 1.29 is 14.7 Å². The number of hydrogen-bond donors (Lipinski definition) is 3.